The number of rotatable bonds is 6. The Labute approximate surface area is 170 Å². The van der Waals surface area contributed by atoms with Crippen LogP contribution in [0.5, 0.6) is 17.2 Å². The minimum Gasteiger partial charge on any atom is -0.493 e. The van der Waals surface area contributed by atoms with E-state index in [0.29, 0.717) is 39.0 Å². The molecule has 0 aliphatic rings. The van der Waals surface area contributed by atoms with Crippen molar-refractivity contribution in [3.05, 3.63) is 62.9 Å². The van der Waals surface area contributed by atoms with Crippen LogP contribution in [0.15, 0.2) is 47.3 Å². The maximum Gasteiger partial charge on any atom is 0.276 e. The van der Waals surface area contributed by atoms with E-state index in [0.717, 1.165) is 11.3 Å². The highest BCUT2D eigenvalue weighted by Crippen LogP contribution is 2.31. The average molecular weight is 409 g/mol. The van der Waals surface area contributed by atoms with Crippen molar-refractivity contribution in [3.8, 4) is 28.6 Å². The number of ether oxygens (including phenoxy) is 3. The van der Waals surface area contributed by atoms with Crippen LogP contribution in [-0.4, -0.2) is 35.4 Å². The Morgan fingerprint density at radius 3 is 2.59 bits per heavy atom. The molecule has 2 aromatic heterocycles. The number of methoxy groups -OCH3 is 2. The van der Waals surface area contributed by atoms with E-state index in [1.54, 1.807) is 26.4 Å². The Bertz CT molecular complexity index is 1280. The lowest BCUT2D eigenvalue weighted by Gasteiger charge is -2.08. The van der Waals surface area contributed by atoms with E-state index in [9.17, 15) is 4.79 Å². The topological polar surface area (TPSA) is 75.0 Å². The molecule has 0 atom stereocenters. The Kier molecular flexibility index (Phi) is 5.18. The highest BCUT2D eigenvalue weighted by molar-refractivity contribution is 7.15. The van der Waals surface area contributed by atoms with E-state index in [-0.39, 0.29) is 5.56 Å². The van der Waals surface area contributed by atoms with Crippen LogP contribution >= 0.6 is 11.3 Å². The van der Waals surface area contributed by atoms with Gasteiger partial charge >= 0.3 is 0 Å². The van der Waals surface area contributed by atoms with Gasteiger partial charge in [-0.15, -0.1) is 10.2 Å². The first-order valence-corrected chi connectivity index (χ1v) is 9.81. The molecule has 0 saturated carbocycles. The van der Waals surface area contributed by atoms with Crippen LogP contribution in [0.1, 0.15) is 12.5 Å². The summed E-state index contributed by atoms with van der Waals surface area (Å²) in [4.78, 5) is 13.6. The number of fused-ring (bicyclic) bond motifs is 1. The molecule has 0 aliphatic heterocycles. The second-order valence-corrected chi connectivity index (χ2v) is 7.11. The van der Waals surface area contributed by atoms with E-state index < -0.39 is 0 Å². The van der Waals surface area contributed by atoms with E-state index >= 15 is 0 Å². The molecule has 2 aromatic carbocycles. The molecule has 0 amide bonds. The average Bonchev–Trinajstić information content (AvgIpc) is 3.29. The minimum atomic E-state index is -0.175. The van der Waals surface area contributed by atoms with E-state index in [4.69, 9.17) is 14.2 Å². The summed E-state index contributed by atoms with van der Waals surface area (Å²) in [6, 6.07) is 13.0. The third kappa shape index (κ3) is 3.42. The van der Waals surface area contributed by atoms with E-state index in [1.165, 1.54) is 15.7 Å². The number of benzene rings is 2. The fourth-order valence-corrected chi connectivity index (χ4v) is 3.96. The summed E-state index contributed by atoms with van der Waals surface area (Å²) in [5.74, 6) is 2.35. The first kappa shape index (κ1) is 18.9. The number of thiazole rings is 1. The second-order valence-electron chi connectivity index (χ2n) is 6.10. The van der Waals surface area contributed by atoms with Gasteiger partial charge in [-0.25, -0.2) is 4.40 Å². The van der Waals surface area contributed by atoms with Gasteiger partial charge < -0.3 is 14.2 Å². The molecule has 0 bridgehead atoms. The standard InChI is InChI=1S/C21H19N3O4S/c1-4-28-15-8-6-5-7-13(15)12-18-20(25)24-19(22-23-21(24)29-18)14-9-10-16(26-2)17(11-14)27-3/h5-12H,4H2,1-3H3/b18-12-. The monoisotopic (exact) mass is 409 g/mol. The number of para-hydroxylation sites is 1. The van der Waals surface area contributed by atoms with Crippen molar-refractivity contribution >= 4 is 22.4 Å². The molecule has 29 heavy (non-hydrogen) atoms. The van der Waals surface area contributed by atoms with Gasteiger partial charge in [-0.1, -0.05) is 29.5 Å². The molecule has 0 N–H and O–H groups in total. The number of nitrogens with zero attached hydrogens (tertiary/aromatic N) is 3. The summed E-state index contributed by atoms with van der Waals surface area (Å²) >= 11 is 1.29. The van der Waals surface area contributed by atoms with Crippen molar-refractivity contribution in [1.29, 1.82) is 0 Å². The highest BCUT2D eigenvalue weighted by atomic mass is 32.1. The largest absolute Gasteiger partial charge is 0.493 e. The highest BCUT2D eigenvalue weighted by Gasteiger charge is 2.16. The molecular weight excluding hydrogens is 390 g/mol. The molecule has 8 heteroatoms. The van der Waals surface area contributed by atoms with Crippen LogP contribution in [0, 0.1) is 0 Å². The summed E-state index contributed by atoms with van der Waals surface area (Å²) < 4.78 is 18.4. The molecule has 0 radical (unpaired) electrons. The number of aromatic nitrogens is 3. The molecule has 0 aliphatic carbocycles. The lowest BCUT2D eigenvalue weighted by Crippen LogP contribution is -2.23. The fraction of sp³-hybridized carbons (Fsp3) is 0.190. The lowest BCUT2D eigenvalue weighted by molar-refractivity contribution is 0.339. The SMILES string of the molecule is CCOc1ccccc1/C=c1\sc2nnc(-c3ccc(OC)c(OC)c3)n2c1=O. The van der Waals surface area contributed by atoms with Gasteiger partial charge in [0.2, 0.25) is 4.96 Å². The quantitative estimate of drug-likeness (QED) is 0.488. The van der Waals surface area contributed by atoms with Crippen molar-refractivity contribution < 1.29 is 14.2 Å². The van der Waals surface area contributed by atoms with Crippen molar-refractivity contribution in [2.75, 3.05) is 20.8 Å². The van der Waals surface area contributed by atoms with Crippen LogP contribution in [0.3, 0.4) is 0 Å². The number of hydrogen-bond acceptors (Lipinski definition) is 7. The minimum absolute atomic E-state index is 0.175. The Morgan fingerprint density at radius 1 is 1.03 bits per heavy atom. The molecule has 7 nitrogen and oxygen atoms in total. The van der Waals surface area contributed by atoms with Crippen LogP contribution < -0.4 is 24.3 Å². The van der Waals surface area contributed by atoms with Gasteiger partial charge in [0.05, 0.1) is 25.4 Å². The van der Waals surface area contributed by atoms with Crippen LogP contribution in [-0.2, 0) is 0 Å². The normalized spacial score (nSPS) is 11.8. The molecule has 0 fully saturated rings. The molecule has 0 unspecified atom stereocenters. The Morgan fingerprint density at radius 2 is 1.83 bits per heavy atom. The van der Waals surface area contributed by atoms with Crippen LogP contribution in [0.2, 0.25) is 0 Å². The molecule has 2 heterocycles. The zero-order chi connectivity index (χ0) is 20.4. The summed E-state index contributed by atoms with van der Waals surface area (Å²) in [6.45, 7) is 2.48. The number of hydrogen-bond donors (Lipinski definition) is 0. The van der Waals surface area contributed by atoms with E-state index in [2.05, 4.69) is 10.2 Å². The third-order valence-electron chi connectivity index (χ3n) is 4.40. The predicted octanol–water partition coefficient (Wildman–Crippen LogP) is 2.78. The summed E-state index contributed by atoms with van der Waals surface area (Å²) in [5, 5.41) is 8.38. The van der Waals surface area contributed by atoms with Gasteiger partial charge in [-0.3, -0.25) is 4.79 Å². The third-order valence-corrected chi connectivity index (χ3v) is 5.35. The van der Waals surface area contributed by atoms with E-state index in [1.807, 2.05) is 43.3 Å². The first-order chi connectivity index (χ1) is 14.2. The maximum atomic E-state index is 13.1. The first-order valence-electron chi connectivity index (χ1n) is 9.00. The fourth-order valence-electron chi connectivity index (χ4n) is 3.05. The van der Waals surface area contributed by atoms with Gasteiger partial charge in [0.15, 0.2) is 17.3 Å². The maximum absolute atomic E-state index is 13.1. The van der Waals surface area contributed by atoms with Gasteiger partial charge in [-0.2, -0.15) is 0 Å². The van der Waals surface area contributed by atoms with Gasteiger partial charge in [0, 0.05) is 11.1 Å². The zero-order valence-electron chi connectivity index (χ0n) is 16.2. The summed E-state index contributed by atoms with van der Waals surface area (Å²) in [7, 11) is 3.14. The lowest BCUT2D eigenvalue weighted by atomic mass is 10.2. The second kappa shape index (κ2) is 7.92. The summed E-state index contributed by atoms with van der Waals surface area (Å²) in [5.41, 5.74) is 1.38. The molecular formula is C21H19N3O4S. The van der Waals surface area contributed by atoms with Gasteiger partial charge in [0.25, 0.3) is 5.56 Å². The summed E-state index contributed by atoms with van der Waals surface area (Å²) in [6.07, 6.45) is 1.82. The van der Waals surface area contributed by atoms with Gasteiger partial charge in [-0.05, 0) is 37.3 Å². The molecule has 0 saturated heterocycles. The van der Waals surface area contributed by atoms with Crippen LogP contribution in [0.25, 0.3) is 22.4 Å². The van der Waals surface area contributed by atoms with Crippen molar-refractivity contribution in [2.24, 2.45) is 0 Å². The van der Waals surface area contributed by atoms with Gasteiger partial charge in [0.1, 0.15) is 5.75 Å². The molecule has 148 valence electrons. The Hall–Kier alpha value is -3.39. The smallest absolute Gasteiger partial charge is 0.276 e. The predicted molar refractivity (Wildman–Crippen MR) is 112 cm³/mol. The molecule has 4 rings (SSSR count). The van der Waals surface area contributed by atoms with Crippen molar-refractivity contribution in [1.82, 2.24) is 14.6 Å². The van der Waals surface area contributed by atoms with Crippen molar-refractivity contribution in [3.63, 3.8) is 0 Å². The Balaban J connectivity index is 1.86. The molecule has 0 spiro atoms. The zero-order valence-corrected chi connectivity index (χ0v) is 17.0. The van der Waals surface area contributed by atoms with Crippen molar-refractivity contribution in [2.45, 2.75) is 6.92 Å². The molecule has 4 aromatic rings. The van der Waals surface area contributed by atoms with Crippen LogP contribution in [0.4, 0.5) is 0 Å².